The maximum atomic E-state index is 11.5. The number of nitrogens with zero attached hydrogens (tertiary/aromatic N) is 2. The van der Waals surface area contributed by atoms with Crippen LogP contribution in [0.15, 0.2) is 4.47 Å². The zero-order valence-corrected chi connectivity index (χ0v) is 12.6. The van der Waals surface area contributed by atoms with Crippen molar-refractivity contribution in [3.05, 3.63) is 16.0 Å². The van der Waals surface area contributed by atoms with E-state index in [1.54, 1.807) is 0 Å². The highest BCUT2D eigenvalue weighted by Crippen LogP contribution is 2.30. The van der Waals surface area contributed by atoms with Gasteiger partial charge in [-0.3, -0.25) is 0 Å². The smallest absolute Gasteiger partial charge is 0.151 e. The molecule has 1 unspecified atom stereocenters. The minimum Gasteiger partial charge on any atom is -0.383 e. The molecule has 1 aliphatic heterocycles. The maximum Gasteiger partial charge on any atom is 0.151 e. The highest BCUT2D eigenvalue weighted by atomic mass is 79.9. The van der Waals surface area contributed by atoms with Crippen LogP contribution in [0.1, 0.15) is 37.2 Å². The van der Waals surface area contributed by atoms with Gasteiger partial charge in [-0.05, 0) is 28.8 Å². The van der Waals surface area contributed by atoms with Crippen molar-refractivity contribution in [2.24, 2.45) is 0 Å². The number of anilines is 1. The van der Waals surface area contributed by atoms with E-state index in [0.29, 0.717) is 18.1 Å². The fourth-order valence-electron chi connectivity index (χ4n) is 2.12. The molecule has 1 atom stereocenters. The largest absolute Gasteiger partial charge is 0.383 e. The van der Waals surface area contributed by atoms with E-state index >= 15 is 0 Å². The summed E-state index contributed by atoms with van der Waals surface area (Å²) >= 11 is 3.38. The van der Waals surface area contributed by atoms with E-state index in [1.165, 1.54) is 0 Å². The van der Waals surface area contributed by atoms with Crippen LogP contribution in [0.5, 0.6) is 0 Å². The van der Waals surface area contributed by atoms with E-state index in [0.717, 1.165) is 23.0 Å². The highest BCUT2D eigenvalue weighted by Gasteiger charge is 2.31. The van der Waals surface area contributed by atoms with Gasteiger partial charge in [0.1, 0.15) is 11.6 Å². The summed E-state index contributed by atoms with van der Waals surface area (Å²) in [6.07, 6.45) is 2.35. The average molecular weight is 334 g/mol. The lowest BCUT2D eigenvalue weighted by molar-refractivity contribution is 0.601. The second-order valence-electron chi connectivity index (χ2n) is 4.58. The normalized spacial score (nSPS) is 22.2. The minimum atomic E-state index is -2.92. The molecule has 0 saturated carbocycles. The lowest BCUT2D eigenvalue weighted by Crippen LogP contribution is -2.11. The molecule has 2 N–H and O–H groups in total. The van der Waals surface area contributed by atoms with Gasteiger partial charge >= 0.3 is 0 Å². The van der Waals surface area contributed by atoms with Crippen molar-refractivity contribution in [3.63, 3.8) is 0 Å². The molecular formula is C11H16BrN3O2S. The van der Waals surface area contributed by atoms with Crippen LogP contribution in [0.3, 0.4) is 0 Å². The van der Waals surface area contributed by atoms with Gasteiger partial charge in [0.15, 0.2) is 9.84 Å². The second kappa shape index (κ2) is 5.13. The van der Waals surface area contributed by atoms with Crippen LogP contribution < -0.4 is 5.73 Å². The summed E-state index contributed by atoms with van der Waals surface area (Å²) in [5, 5.41) is 0. The van der Waals surface area contributed by atoms with E-state index in [4.69, 9.17) is 5.73 Å². The fraction of sp³-hybridized carbons (Fsp3) is 0.636. The molecule has 7 heteroatoms. The van der Waals surface area contributed by atoms with Crippen LogP contribution in [-0.2, 0) is 16.3 Å². The Labute approximate surface area is 115 Å². The van der Waals surface area contributed by atoms with E-state index in [-0.39, 0.29) is 17.4 Å². The summed E-state index contributed by atoms with van der Waals surface area (Å²) in [6.45, 7) is 2.06. The number of aryl methyl sites for hydroxylation is 1. The van der Waals surface area contributed by atoms with Gasteiger partial charge in [0.05, 0.1) is 21.7 Å². The highest BCUT2D eigenvalue weighted by molar-refractivity contribution is 9.10. The molecule has 1 aromatic rings. The lowest BCUT2D eigenvalue weighted by atomic mass is 10.1. The van der Waals surface area contributed by atoms with Crippen LogP contribution in [0.4, 0.5) is 5.82 Å². The number of rotatable bonds is 3. The molecule has 1 fully saturated rings. The zero-order chi connectivity index (χ0) is 13.3. The fourth-order valence-corrected chi connectivity index (χ4v) is 4.23. The van der Waals surface area contributed by atoms with Gasteiger partial charge in [-0.25, -0.2) is 18.4 Å². The van der Waals surface area contributed by atoms with Crippen LogP contribution in [0.25, 0.3) is 0 Å². The number of halogens is 1. The molecule has 5 nitrogen and oxygen atoms in total. The summed E-state index contributed by atoms with van der Waals surface area (Å²) < 4.78 is 23.7. The Bertz CT molecular complexity index is 560. The van der Waals surface area contributed by atoms with Crippen molar-refractivity contribution in [2.45, 2.75) is 32.1 Å². The molecule has 2 heterocycles. The Morgan fingerprint density at radius 2 is 2.17 bits per heavy atom. The summed E-state index contributed by atoms with van der Waals surface area (Å²) in [7, 11) is -2.92. The molecule has 0 aromatic carbocycles. The van der Waals surface area contributed by atoms with Crippen molar-refractivity contribution in [1.29, 1.82) is 0 Å². The molecule has 0 aliphatic carbocycles. The molecule has 1 aromatic heterocycles. The number of hydrogen-bond donors (Lipinski definition) is 1. The minimum absolute atomic E-state index is 0.110. The van der Waals surface area contributed by atoms with Crippen molar-refractivity contribution in [2.75, 3.05) is 17.2 Å². The summed E-state index contributed by atoms with van der Waals surface area (Å²) in [5.41, 5.74) is 6.70. The Morgan fingerprint density at radius 3 is 2.72 bits per heavy atom. The predicted molar refractivity (Wildman–Crippen MR) is 74.2 cm³/mol. The van der Waals surface area contributed by atoms with E-state index < -0.39 is 9.84 Å². The zero-order valence-electron chi connectivity index (χ0n) is 10.2. The third-order valence-corrected chi connectivity index (χ3v) is 5.68. The third kappa shape index (κ3) is 2.83. The van der Waals surface area contributed by atoms with Crippen LogP contribution in [0.2, 0.25) is 0 Å². The van der Waals surface area contributed by atoms with Gasteiger partial charge in [0, 0.05) is 5.92 Å². The maximum absolute atomic E-state index is 11.5. The first-order valence-corrected chi connectivity index (χ1v) is 8.56. The van der Waals surface area contributed by atoms with Crippen molar-refractivity contribution in [1.82, 2.24) is 9.97 Å². The standard InChI is InChI=1S/C11H16BrN3O2S/c1-2-3-8-9(12)10(13)15-11(14-8)7-4-5-18(16,17)6-7/h7H,2-6H2,1H3,(H2,13,14,15). The van der Waals surface area contributed by atoms with Gasteiger partial charge in [-0.15, -0.1) is 0 Å². The summed E-state index contributed by atoms with van der Waals surface area (Å²) in [4.78, 5) is 8.69. The molecule has 0 bridgehead atoms. The van der Waals surface area contributed by atoms with E-state index in [1.807, 2.05) is 0 Å². The molecule has 1 aliphatic rings. The SMILES string of the molecule is CCCc1nc(C2CCS(=O)(=O)C2)nc(N)c1Br. The monoisotopic (exact) mass is 333 g/mol. The molecule has 100 valence electrons. The predicted octanol–water partition coefficient (Wildman–Crippen LogP) is 1.68. The quantitative estimate of drug-likeness (QED) is 0.909. The van der Waals surface area contributed by atoms with E-state index in [2.05, 4.69) is 32.8 Å². The van der Waals surface area contributed by atoms with Gasteiger partial charge < -0.3 is 5.73 Å². The number of nitrogen functional groups attached to an aromatic ring is 1. The van der Waals surface area contributed by atoms with Crippen LogP contribution in [-0.4, -0.2) is 29.9 Å². The number of sulfone groups is 1. The first-order chi connectivity index (χ1) is 8.43. The number of hydrogen-bond acceptors (Lipinski definition) is 5. The molecule has 2 rings (SSSR count). The third-order valence-electron chi connectivity index (χ3n) is 3.05. The van der Waals surface area contributed by atoms with Gasteiger partial charge in [-0.2, -0.15) is 0 Å². The molecule has 18 heavy (non-hydrogen) atoms. The molecule has 0 amide bonds. The van der Waals surface area contributed by atoms with Gasteiger partial charge in [0.2, 0.25) is 0 Å². The van der Waals surface area contributed by atoms with Crippen LogP contribution in [0, 0.1) is 0 Å². The molecule has 0 radical (unpaired) electrons. The van der Waals surface area contributed by atoms with Gasteiger partial charge in [0.25, 0.3) is 0 Å². The first kappa shape index (κ1) is 13.7. The Morgan fingerprint density at radius 1 is 1.44 bits per heavy atom. The molecule has 1 saturated heterocycles. The Balaban J connectivity index is 2.34. The number of aromatic nitrogens is 2. The summed E-state index contributed by atoms with van der Waals surface area (Å²) in [6, 6.07) is 0. The van der Waals surface area contributed by atoms with Crippen molar-refractivity contribution < 1.29 is 8.42 Å². The van der Waals surface area contributed by atoms with Gasteiger partial charge in [-0.1, -0.05) is 13.3 Å². The van der Waals surface area contributed by atoms with Crippen LogP contribution >= 0.6 is 15.9 Å². The second-order valence-corrected chi connectivity index (χ2v) is 7.60. The molecule has 0 spiro atoms. The number of nitrogens with two attached hydrogens (primary N) is 1. The van der Waals surface area contributed by atoms with Crippen molar-refractivity contribution in [3.8, 4) is 0 Å². The Hall–Kier alpha value is -0.690. The first-order valence-electron chi connectivity index (χ1n) is 5.95. The molecular weight excluding hydrogens is 318 g/mol. The lowest BCUT2D eigenvalue weighted by Gasteiger charge is -2.11. The average Bonchev–Trinajstić information content (AvgIpc) is 2.65. The topological polar surface area (TPSA) is 85.9 Å². The van der Waals surface area contributed by atoms with Crippen molar-refractivity contribution >= 4 is 31.6 Å². The summed E-state index contributed by atoms with van der Waals surface area (Å²) in [5.74, 6) is 1.22. The van der Waals surface area contributed by atoms with E-state index in [9.17, 15) is 8.42 Å². The Kier molecular flexibility index (Phi) is 3.91.